The SMILES string of the molecule is O=C1C=c2ccc3c(c2CC1)CC=c1ccccc1=3.O=S(=O)(O)C(F)(F)F. The summed E-state index contributed by atoms with van der Waals surface area (Å²) in [6.07, 6.45) is 6.64. The van der Waals surface area contributed by atoms with E-state index in [2.05, 4.69) is 42.5 Å². The highest BCUT2D eigenvalue weighted by Gasteiger charge is 2.44. The standard InChI is InChI=1S/C18H14O.CHF3O3S/c19-14-7-10-16-13(11-14)6-9-17-15-4-2-1-3-12(15)5-8-18(16)17;2-1(3,4)8(5,6)7/h1-6,9,11H,7-8,10H2;(H,5,6,7). The molecule has 0 heterocycles. The molecule has 4 nitrogen and oxygen atoms in total. The molecule has 0 bridgehead atoms. The number of carbonyl (C=O) groups is 1. The number of hydrogen-bond acceptors (Lipinski definition) is 3. The highest BCUT2D eigenvalue weighted by atomic mass is 32.2. The molecule has 0 unspecified atom stereocenters. The van der Waals surface area contributed by atoms with Gasteiger partial charge in [-0.25, -0.2) is 0 Å². The van der Waals surface area contributed by atoms with Crippen molar-refractivity contribution in [1.29, 1.82) is 0 Å². The topological polar surface area (TPSA) is 71.4 Å². The van der Waals surface area contributed by atoms with Crippen LogP contribution in [0.25, 0.3) is 12.2 Å². The summed E-state index contributed by atoms with van der Waals surface area (Å²) in [6.45, 7) is 0. The highest BCUT2D eigenvalue weighted by molar-refractivity contribution is 7.86. The van der Waals surface area contributed by atoms with Crippen LogP contribution in [0.3, 0.4) is 0 Å². The quantitative estimate of drug-likeness (QED) is 0.546. The number of halogens is 3. The van der Waals surface area contributed by atoms with E-state index in [4.69, 9.17) is 13.0 Å². The summed E-state index contributed by atoms with van der Waals surface area (Å²) in [4.78, 5) is 11.5. The Balaban J connectivity index is 0.000000226. The summed E-state index contributed by atoms with van der Waals surface area (Å²) < 4.78 is 57.5. The van der Waals surface area contributed by atoms with Crippen LogP contribution in [0, 0.1) is 10.4 Å². The predicted molar refractivity (Wildman–Crippen MR) is 93.4 cm³/mol. The minimum Gasteiger partial charge on any atom is -0.295 e. The number of benzene rings is 2. The molecule has 0 amide bonds. The van der Waals surface area contributed by atoms with E-state index in [1.807, 2.05) is 0 Å². The van der Waals surface area contributed by atoms with Gasteiger partial charge in [-0.15, -0.1) is 0 Å². The minimum atomic E-state index is -5.84. The van der Waals surface area contributed by atoms with Gasteiger partial charge in [0.1, 0.15) is 0 Å². The van der Waals surface area contributed by atoms with E-state index in [9.17, 15) is 18.0 Å². The molecule has 0 fully saturated rings. The largest absolute Gasteiger partial charge is 0.522 e. The Morgan fingerprint density at radius 2 is 1.56 bits per heavy atom. The van der Waals surface area contributed by atoms with Crippen LogP contribution in [0.5, 0.6) is 0 Å². The van der Waals surface area contributed by atoms with Gasteiger partial charge in [0.25, 0.3) is 0 Å². The molecule has 8 heteroatoms. The van der Waals surface area contributed by atoms with Crippen LogP contribution in [0.15, 0.2) is 36.4 Å². The zero-order chi connectivity index (χ0) is 19.8. The third-order valence-corrected chi connectivity index (χ3v) is 5.06. The number of Topliss-reactive ketones (excluding diaryl/α,β-unsaturated/α-hetero) is 1. The van der Waals surface area contributed by atoms with E-state index in [-0.39, 0.29) is 5.78 Å². The van der Waals surface area contributed by atoms with Gasteiger partial charge in [0, 0.05) is 6.42 Å². The first kappa shape index (κ1) is 19.3. The van der Waals surface area contributed by atoms with Crippen LogP contribution in [0.1, 0.15) is 17.5 Å². The second-order valence-electron chi connectivity index (χ2n) is 6.19. The normalized spacial score (nSPS) is 15.2. The molecule has 142 valence electrons. The second-order valence-corrected chi connectivity index (χ2v) is 7.60. The molecule has 0 atom stereocenters. The molecular formula is C19H15F3O4S. The highest BCUT2D eigenvalue weighted by Crippen LogP contribution is 2.20. The van der Waals surface area contributed by atoms with Gasteiger partial charge >= 0.3 is 15.6 Å². The number of carbonyl (C=O) groups excluding carboxylic acids is 1. The van der Waals surface area contributed by atoms with Crippen LogP contribution in [0.4, 0.5) is 13.2 Å². The van der Waals surface area contributed by atoms with Crippen LogP contribution < -0.4 is 10.4 Å². The van der Waals surface area contributed by atoms with Crippen molar-refractivity contribution in [3.8, 4) is 0 Å². The fraction of sp³-hybridized carbons (Fsp3) is 0.211. The Labute approximate surface area is 152 Å². The predicted octanol–water partition coefficient (Wildman–Crippen LogP) is 2.00. The summed E-state index contributed by atoms with van der Waals surface area (Å²) >= 11 is 0. The zero-order valence-corrected chi connectivity index (χ0v) is 14.8. The van der Waals surface area contributed by atoms with E-state index >= 15 is 0 Å². The van der Waals surface area contributed by atoms with E-state index in [0.717, 1.165) is 18.1 Å². The van der Waals surface area contributed by atoms with Crippen molar-refractivity contribution in [2.45, 2.75) is 24.8 Å². The maximum Gasteiger partial charge on any atom is 0.522 e. The Bertz CT molecular complexity index is 1230. The molecule has 0 saturated heterocycles. The van der Waals surface area contributed by atoms with Gasteiger partial charge < -0.3 is 0 Å². The average molecular weight is 396 g/mol. The summed E-state index contributed by atoms with van der Waals surface area (Å²) in [5.74, 6) is 0.257. The molecule has 0 saturated carbocycles. The van der Waals surface area contributed by atoms with Gasteiger partial charge in [-0.3, -0.25) is 9.35 Å². The van der Waals surface area contributed by atoms with Crippen molar-refractivity contribution in [2.24, 2.45) is 0 Å². The lowest BCUT2D eigenvalue weighted by molar-refractivity contribution is -0.113. The second kappa shape index (κ2) is 6.94. The van der Waals surface area contributed by atoms with Crippen LogP contribution in [0.2, 0.25) is 0 Å². The third kappa shape index (κ3) is 3.96. The molecule has 2 aromatic carbocycles. The van der Waals surface area contributed by atoms with Gasteiger partial charge in [0.2, 0.25) is 0 Å². The van der Waals surface area contributed by atoms with Gasteiger partial charge in [-0.1, -0.05) is 42.5 Å². The molecular weight excluding hydrogens is 381 g/mol. The van der Waals surface area contributed by atoms with Gasteiger partial charge in [0.15, 0.2) is 5.78 Å². The van der Waals surface area contributed by atoms with E-state index < -0.39 is 15.6 Å². The van der Waals surface area contributed by atoms with Crippen molar-refractivity contribution < 1.29 is 30.9 Å². The van der Waals surface area contributed by atoms with Gasteiger partial charge in [-0.2, -0.15) is 21.6 Å². The molecule has 2 aliphatic rings. The fourth-order valence-corrected chi connectivity index (χ4v) is 3.25. The first-order valence-corrected chi connectivity index (χ1v) is 9.50. The van der Waals surface area contributed by atoms with Crippen LogP contribution in [-0.4, -0.2) is 24.3 Å². The van der Waals surface area contributed by atoms with E-state index in [0.29, 0.717) is 6.42 Å². The smallest absolute Gasteiger partial charge is 0.295 e. The van der Waals surface area contributed by atoms with Crippen LogP contribution in [-0.2, 0) is 27.8 Å². The number of hydrogen-bond donors (Lipinski definition) is 1. The lowest BCUT2D eigenvalue weighted by Crippen LogP contribution is -2.22. The molecule has 4 rings (SSSR count). The Morgan fingerprint density at radius 1 is 0.889 bits per heavy atom. The average Bonchev–Trinajstić information content (AvgIpc) is 2.59. The summed E-state index contributed by atoms with van der Waals surface area (Å²) in [6, 6.07) is 12.8. The maximum absolute atomic E-state index is 11.5. The fourth-order valence-electron chi connectivity index (χ4n) is 3.25. The third-order valence-electron chi connectivity index (χ3n) is 4.47. The van der Waals surface area contributed by atoms with Crippen molar-refractivity contribution in [1.82, 2.24) is 0 Å². The zero-order valence-electron chi connectivity index (χ0n) is 14.0. The van der Waals surface area contributed by atoms with Crippen molar-refractivity contribution in [2.75, 3.05) is 0 Å². The molecule has 0 radical (unpaired) electrons. The summed E-state index contributed by atoms with van der Waals surface area (Å²) in [5, 5.41) is 5.12. The van der Waals surface area contributed by atoms with E-state index in [1.54, 1.807) is 6.08 Å². The maximum atomic E-state index is 11.5. The van der Waals surface area contributed by atoms with Crippen molar-refractivity contribution in [3.63, 3.8) is 0 Å². The first-order chi connectivity index (χ1) is 12.6. The van der Waals surface area contributed by atoms with Crippen molar-refractivity contribution in [3.05, 3.63) is 68.4 Å². The molecule has 0 aromatic heterocycles. The Kier molecular flexibility index (Phi) is 4.96. The molecule has 27 heavy (non-hydrogen) atoms. The Morgan fingerprint density at radius 3 is 2.22 bits per heavy atom. The number of fused-ring (bicyclic) bond motifs is 4. The molecule has 0 spiro atoms. The Hall–Kier alpha value is -2.45. The number of rotatable bonds is 0. The van der Waals surface area contributed by atoms with Crippen LogP contribution >= 0.6 is 0 Å². The first-order valence-electron chi connectivity index (χ1n) is 8.06. The van der Waals surface area contributed by atoms with Crippen molar-refractivity contribution >= 4 is 28.1 Å². The monoisotopic (exact) mass is 396 g/mol. The lowest BCUT2D eigenvalue weighted by Gasteiger charge is -2.15. The number of alkyl halides is 3. The molecule has 1 N–H and O–H groups in total. The minimum absolute atomic E-state index is 0.257. The summed E-state index contributed by atoms with van der Waals surface area (Å²) in [7, 11) is -5.84. The van der Waals surface area contributed by atoms with Gasteiger partial charge in [0.05, 0.1) is 0 Å². The number of ketones is 1. The van der Waals surface area contributed by atoms with E-state index in [1.165, 1.54) is 26.8 Å². The molecule has 2 aliphatic carbocycles. The molecule has 2 aromatic rings. The molecule has 0 aliphatic heterocycles. The van der Waals surface area contributed by atoms with Gasteiger partial charge in [-0.05, 0) is 50.9 Å². The summed E-state index contributed by atoms with van der Waals surface area (Å²) in [5.41, 5.74) is -2.74. The lowest BCUT2D eigenvalue weighted by atomic mass is 9.88.